The van der Waals surface area contributed by atoms with Gasteiger partial charge in [-0.05, 0) is 46.0 Å². The Morgan fingerprint density at radius 1 is 1.12 bits per heavy atom. The third kappa shape index (κ3) is 3.96. The molecule has 5 nitrogen and oxygen atoms in total. The molecule has 0 saturated heterocycles. The number of para-hydroxylation sites is 1. The maximum atomic E-state index is 12.9. The maximum Gasteiger partial charge on any atom is 0.257 e. The highest BCUT2D eigenvalue weighted by atomic mass is 79.9. The molecular formula is C20H24BrNO4. The van der Waals surface area contributed by atoms with Gasteiger partial charge in [-0.2, -0.15) is 0 Å². The zero-order valence-corrected chi connectivity index (χ0v) is 17.3. The van der Waals surface area contributed by atoms with Crippen LogP contribution in [0.5, 0.6) is 17.2 Å². The number of carbonyl (C=O) groups is 1. The molecule has 0 spiro atoms. The Balaban J connectivity index is 2.46. The molecule has 0 aliphatic heterocycles. The van der Waals surface area contributed by atoms with Crippen LogP contribution in [0.1, 0.15) is 42.1 Å². The number of benzene rings is 2. The number of halogens is 1. The van der Waals surface area contributed by atoms with Gasteiger partial charge in [0.05, 0.1) is 31.4 Å². The van der Waals surface area contributed by atoms with Crippen LogP contribution in [0.3, 0.4) is 0 Å². The Hall–Kier alpha value is -2.21. The van der Waals surface area contributed by atoms with E-state index in [1.807, 2.05) is 24.3 Å². The molecule has 0 heterocycles. The third-order valence-corrected chi connectivity index (χ3v) is 5.15. The van der Waals surface area contributed by atoms with Crippen LogP contribution in [0.2, 0.25) is 0 Å². The lowest BCUT2D eigenvalue weighted by molar-refractivity contribution is 0.102. The number of methoxy groups -OCH3 is 3. The van der Waals surface area contributed by atoms with E-state index in [1.54, 1.807) is 6.07 Å². The normalized spacial score (nSPS) is 11.6. The van der Waals surface area contributed by atoms with Gasteiger partial charge in [0.2, 0.25) is 5.75 Å². The van der Waals surface area contributed by atoms with Crippen LogP contribution in [0.25, 0.3) is 0 Å². The van der Waals surface area contributed by atoms with E-state index in [-0.39, 0.29) is 5.91 Å². The molecular weight excluding hydrogens is 398 g/mol. The topological polar surface area (TPSA) is 56.8 Å². The van der Waals surface area contributed by atoms with Crippen molar-refractivity contribution in [3.8, 4) is 17.2 Å². The van der Waals surface area contributed by atoms with Gasteiger partial charge in [-0.3, -0.25) is 4.79 Å². The smallest absolute Gasteiger partial charge is 0.257 e. The van der Waals surface area contributed by atoms with E-state index >= 15 is 0 Å². The third-order valence-electron chi connectivity index (χ3n) is 4.37. The van der Waals surface area contributed by atoms with Crippen LogP contribution in [-0.4, -0.2) is 27.2 Å². The fourth-order valence-electron chi connectivity index (χ4n) is 2.74. The minimum absolute atomic E-state index is 0.258. The molecule has 1 unspecified atom stereocenters. The second-order valence-electron chi connectivity index (χ2n) is 5.86. The predicted molar refractivity (Wildman–Crippen MR) is 107 cm³/mol. The Labute approximate surface area is 162 Å². The quantitative estimate of drug-likeness (QED) is 0.663. The molecule has 0 radical (unpaired) electrons. The number of nitrogens with one attached hydrogen (secondary N) is 1. The van der Waals surface area contributed by atoms with Crippen LogP contribution in [-0.2, 0) is 0 Å². The van der Waals surface area contributed by atoms with Crippen LogP contribution in [0.15, 0.2) is 34.8 Å². The van der Waals surface area contributed by atoms with Gasteiger partial charge < -0.3 is 19.5 Å². The summed E-state index contributed by atoms with van der Waals surface area (Å²) in [6.45, 7) is 4.26. The molecule has 1 N–H and O–H groups in total. The Bertz CT molecular complexity index is 792. The summed E-state index contributed by atoms with van der Waals surface area (Å²) < 4.78 is 16.6. The first-order chi connectivity index (χ1) is 12.5. The number of amides is 1. The molecule has 1 atom stereocenters. The van der Waals surface area contributed by atoms with Crippen molar-refractivity contribution in [3.63, 3.8) is 0 Å². The lowest BCUT2D eigenvalue weighted by Crippen LogP contribution is -2.15. The zero-order chi connectivity index (χ0) is 19.3. The van der Waals surface area contributed by atoms with Gasteiger partial charge >= 0.3 is 0 Å². The van der Waals surface area contributed by atoms with Crippen molar-refractivity contribution in [2.45, 2.75) is 26.2 Å². The van der Waals surface area contributed by atoms with Gasteiger partial charge in [0.1, 0.15) is 0 Å². The van der Waals surface area contributed by atoms with Gasteiger partial charge in [0.15, 0.2) is 11.5 Å². The van der Waals surface area contributed by atoms with E-state index in [9.17, 15) is 4.79 Å². The van der Waals surface area contributed by atoms with Crippen molar-refractivity contribution in [2.24, 2.45) is 0 Å². The average Bonchev–Trinajstić information content (AvgIpc) is 2.67. The Morgan fingerprint density at radius 3 is 2.35 bits per heavy atom. The fourth-order valence-corrected chi connectivity index (χ4v) is 3.37. The fraction of sp³-hybridized carbons (Fsp3) is 0.350. The monoisotopic (exact) mass is 421 g/mol. The highest BCUT2D eigenvalue weighted by Gasteiger charge is 2.23. The highest BCUT2D eigenvalue weighted by molar-refractivity contribution is 9.10. The van der Waals surface area contributed by atoms with Crippen LogP contribution < -0.4 is 19.5 Å². The van der Waals surface area contributed by atoms with E-state index in [2.05, 4.69) is 35.1 Å². The number of hydrogen-bond donors (Lipinski definition) is 1. The van der Waals surface area contributed by atoms with Crippen LogP contribution in [0, 0.1) is 0 Å². The number of hydrogen-bond acceptors (Lipinski definition) is 4. The van der Waals surface area contributed by atoms with E-state index < -0.39 is 0 Å². The van der Waals surface area contributed by atoms with Gasteiger partial charge in [-0.1, -0.05) is 32.0 Å². The van der Waals surface area contributed by atoms with Gasteiger partial charge in [-0.25, -0.2) is 0 Å². The molecule has 2 aromatic carbocycles. The molecule has 0 saturated carbocycles. The van der Waals surface area contributed by atoms with Crippen molar-refractivity contribution >= 4 is 27.5 Å². The molecule has 2 aromatic rings. The molecule has 0 aliphatic carbocycles. The molecule has 0 aliphatic rings. The van der Waals surface area contributed by atoms with E-state index in [1.165, 1.54) is 21.3 Å². The summed E-state index contributed by atoms with van der Waals surface area (Å²) in [5, 5.41) is 3.00. The summed E-state index contributed by atoms with van der Waals surface area (Å²) in [5.41, 5.74) is 2.30. The number of anilines is 1. The zero-order valence-electron chi connectivity index (χ0n) is 15.7. The molecule has 1 amide bonds. The van der Waals surface area contributed by atoms with E-state index in [4.69, 9.17) is 14.2 Å². The van der Waals surface area contributed by atoms with Gasteiger partial charge in [-0.15, -0.1) is 0 Å². The van der Waals surface area contributed by atoms with Gasteiger partial charge in [0.25, 0.3) is 5.91 Å². The minimum atomic E-state index is -0.258. The van der Waals surface area contributed by atoms with Crippen LogP contribution in [0.4, 0.5) is 5.69 Å². The lowest BCUT2D eigenvalue weighted by Gasteiger charge is -2.18. The summed E-state index contributed by atoms with van der Waals surface area (Å²) >= 11 is 3.45. The second kappa shape index (κ2) is 8.94. The van der Waals surface area contributed by atoms with E-state index in [0.717, 1.165) is 17.7 Å². The van der Waals surface area contributed by atoms with E-state index in [0.29, 0.717) is 33.2 Å². The minimum Gasteiger partial charge on any atom is -0.493 e. The molecule has 6 heteroatoms. The van der Waals surface area contributed by atoms with Crippen molar-refractivity contribution in [1.82, 2.24) is 0 Å². The number of rotatable bonds is 7. The maximum absolute atomic E-state index is 12.9. The predicted octanol–water partition coefficient (Wildman–Crippen LogP) is 5.24. The first-order valence-corrected chi connectivity index (χ1v) is 9.16. The first-order valence-electron chi connectivity index (χ1n) is 8.37. The molecule has 0 bridgehead atoms. The summed E-state index contributed by atoms with van der Waals surface area (Å²) in [4.78, 5) is 12.9. The second-order valence-corrected chi connectivity index (χ2v) is 6.65. The lowest BCUT2D eigenvalue weighted by atomic mass is 9.96. The summed E-state index contributed by atoms with van der Waals surface area (Å²) in [5.74, 6) is 1.35. The molecule has 26 heavy (non-hydrogen) atoms. The first kappa shape index (κ1) is 20.1. The Morgan fingerprint density at radius 2 is 1.77 bits per heavy atom. The number of ether oxygens (including phenoxy) is 3. The largest absolute Gasteiger partial charge is 0.493 e. The summed E-state index contributed by atoms with van der Waals surface area (Å²) in [6, 6.07) is 9.46. The van der Waals surface area contributed by atoms with Crippen molar-refractivity contribution in [1.29, 1.82) is 0 Å². The number of carbonyl (C=O) groups excluding carboxylic acids is 1. The van der Waals surface area contributed by atoms with Crippen LogP contribution >= 0.6 is 15.9 Å². The molecule has 140 valence electrons. The van der Waals surface area contributed by atoms with Crippen molar-refractivity contribution < 1.29 is 19.0 Å². The summed E-state index contributed by atoms with van der Waals surface area (Å²) in [6.07, 6.45) is 0.987. The standard InChI is InChI=1S/C20H24BrNO4/c1-6-12(2)13-9-7-8-10-15(13)22-20(23)14-11-16(24-3)18(25-4)19(26-5)17(14)21/h7-12H,6H2,1-5H3,(H,22,23). The molecule has 0 fully saturated rings. The average molecular weight is 422 g/mol. The Kier molecular flexibility index (Phi) is 6.91. The molecule has 2 rings (SSSR count). The summed E-state index contributed by atoms with van der Waals surface area (Å²) in [7, 11) is 4.56. The highest BCUT2D eigenvalue weighted by Crippen LogP contribution is 2.45. The van der Waals surface area contributed by atoms with Gasteiger partial charge in [0, 0.05) is 5.69 Å². The van der Waals surface area contributed by atoms with Crippen molar-refractivity contribution in [3.05, 3.63) is 45.9 Å². The molecule has 0 aromatic heterocycles. The van der Waals surface area contributed by atoms with Crippen molar-refractivity contribution in [2.75, 3.05) is 26.6 Å². The SMILES string of the molecule is CCC(C)c1ccccc1NC(=O)c1cc(OC)c(OC)c(OC)c1Br.